The first kappa shape index (κ1) is 25.6. The van der Waals surface area contributed by atoms with E-state index in [9.17, 15) is 0 Å². The summed E-state index contributed by atoms with van der Waals surface area (Å²) < 4.78 is 6.35. The summed E-state index contributed by atoms with van der Waals surface area (Å²) in [5.41, 5.74) is 2.29. The smallest absolute Gasteiger partial charge is 0.185 e. The average Bonchev–Trinajstić information content (AvgIpc) is 3.39. The van der Waals surface area contributed by atoms with E-state index in [-0.39, 0.29) is 6.10 Å². The largest absolute Gasteiger partial charge is 0.543 e. The normalized spacial score (nSPS) is 14.7. The van der Waals surface area contributed by atoms with Gasteiger partial charge in [0.25, 0.3) is 0 Å². The number of hydrogen-bond donors (Lipinski definition) is 0. The minimum atomic E-state index is -2.19. The lowest BCUT2D eigenvalue weighted by Gasteiger charge is -2.34. The number of aromatic nitrogens is 1. The lowest BCUT2D eigenvalue weighted by atomic mass is 10.0. The summed E-state index contributed by atoms with van der Waals surface area (Å²) in [7, 11) is 0. The number of hydrogen-bond acceptors (Lipinski definition) is 9. The third kappa shape index (κ3) is 7.81. The maximum Gasteiger partial charge on any atom is 0.185 e. The van der Waals surface area contributed by atoms with E-state index in [1.807, 2.05) is 41.9 Å². The quantitative estimate of drug-likeness (QED) is 0.444. The van der Waals surface area contributed by atoms with Crippen LogP contribution in [0.3, 0.4) is 0 Å². The maximum atomic E-state index is 8.93. The van der Waals surface area contributed by atoms with Crippen molar-refractivity contribution in [2.45, 2.75) is 6.10 Å². The van der Waals surface area contributed by atoms with Crippen LogP contribution in [0.1, 0.15) is 17.2 Å². The molecule has 0 amide bonds. The van der Waals surface area contributed by atoms with Crippen LogP contribution in [0.25, 0.3) is 0 Å². The van der Waals surface area contributed by atoms with Gasteiger partial charge in [0.1, 0.15) is 6.10 Å². The second-order valence-corrected chi connectivity index (χ2v) is 8.74. The molecule has 3 aromatic rings. The Hall–Kier alpha value is -2.98. The van der Waals surface area contributed by atoms with Gasteiger partial charge in [-0.15, -0.1) is 11.3 Å². The zero-order chi connectivity index (χ0) is 24.3. The van der Waals surface area contributed by atoms with E-state index in [0.717, 1.165) is 48.4 Å². The van der Waals surface area contributed by atoms with Gasteiger partial charge in [-0.2, -0.15) is 0 Å². The second kappa shape index (κ2) is 13.0. The van der Waals surface area contributed by atoms with Crippen molar-refractivity contribution in [3.8, 4) is 0 Å². The van der Waals surface area contributed by atoms with Crippen LogP contribution >= 0.6 is 22.9 Å². The Bertz CT molecular complexity index is 1010. The number of carbonyl (C=O) groups is 2. The highest BCUT2D eigenvalue weighted by atomic mass is 35.5. The number of ether oxygens (including phenoxy) is 1. The molecule has 1 aliphatic heterocycles. The molecular weight excluding hydrogens is 478 g/mol. The van der Waals surface area contributed by atoms with Gasteiger partial charge in [-0.25, -0.2) is 4.98 Å². The molecule has 8 nitrogen and oxygen atoms in total. The van der Waals surface area contributed by atoms with Crippen LogP contribution in [0.5, 0.6) is 0 Å². The monoisotopic (exact) mass is 501 g/mol. The SMILES string of the molecule is Clc1ccc(C(OCCN2CCN(c3nccs3)CC2)c2ccccc2)cc1.O=C([O-])C(=O)[O-]. The van der Waals surface area contributed by atoms with Crippen LogP contribution in [-0.2, 0) is 14.3 Å². The van der Waals surface area contributed by atoms with Crippen molar-refractivity contribution in [3.63, 3.8) is 0 Å². The summed E-state index contributed by atoms with van der Waals surface area (Å²) >= 11 is 7.77. The van der Waals surface area contributed by atoms with E-state index in [4.69, 9.17) is 36.1 Å². The second-order valence-electron chi connectivity index (χ2n) is 7.43. The number of nitrogens with zero attached hydrogens (tertiary/aromatic N) is 3. The van der Waals surface area contributed by atoms with Crippen molar-refractivity contribution in [2.75, 3.05) is 44.2 Å². The van der Waals surface area contributed by atoms with E-state index in [2.05, 4.69) is 39.0 Å². The molecule has 180 valence electrons. The molecule has 1 fully saturated rings. The topological polar surface area (TPSA) is 109 Å². The molecule has 1 unspecified atom stereocenters. The standard InChI is InChI=1S/C22H24ClN3OS.C2H2O4/c23-20-8-6-19(7-9-20)21(18-4-2-1-3-5-18)27-16-15-25-11-13-26(14-12-25)22-24-10-17-28-22;3-1(4)2(5)6/h1-10,17,21H,11-16H2;(H,3,4)(H,5,6)/p-2. The Kier molecular flexibility index (Phi) is 9.84. The highest BCUT2D eigenvalue weighted by Gasteiger charge is 2.20. The van der Waals surface area contributed by atoms with Crippen molar-refractivity contribution < 1.29 is 24.5 Å². The number of carboxylic acid groups (broad SMARTS) is 2. The van der Waals surface area contributed by atoms with Crippen molar-refractivity contribution in [1.82, 2.24) is 9.88 Å². The fourth-order valence-corrected chi connectivity index (χ4v) is 4.31. The van der Waals surface area contributed by atoms with Crippen LogP contribution in [0.15, 0.2) is 66.2 Å². The number of thiazole rings is 1. The fraction of sp³-hybridized carbons (Fsp3) is 0.292. The predicted octanol–water partition coefficient (Wildman–Crippen LogP) is 1.21. The Labute approximate surface area is 207 Å². The van der Waals surface area contributed by atoms with Crippen molar-refractivity contribution >= 4 is 40.0 Å². The molecule has 0 N–H and O–H groups in total. The van der Waals surface area contributed by atoms with Gasteiger partial charge in [-0.05, 0) is 23.3 Å². The van der Waals surface area contributed by atoms with Gasteiger partial charge < -0.3 is 29.4 Å². The zero-order valence-electron chi connectivity index (χ0n) is 18.3. The molecule has 0 radical (unpaired) electrons. The summed E-state index contributed by atoms with van der Waals surface area (Å²) in [6, 6.07) is 18.3. The number of carbonyl (C=O) groups excluding carboxylic acids is 2. The molecule has 1 aromatic heterocycles. The number of carboxylic acids is 2. The van der Waals surface area contributed by atoms with E-state index in [1.165, 1.54) is 5.56 Å². The molecule has 1 aliphatic rings. The van der Waals surface area contributed by atoms with Crippen LogP contribution in [-0.4, -0.2) is 61.2 Å². The third-order valence-corrected chi connectivity index (χ3v) is 6.28. The molecule has 1 atom stereocenters. The van der Waals surface area contributed by atoms with Crippen LogP contribution in [0, 0.1) is 0 Å². The third-order valence-electron chi connectivity index (χ3n) is 5.20. The summed E-state index contributed by atoms with van der Waals surface area (Å²) in [6.07, 6.45) is 1.80. The molecule has 0 aliphatic carbocycles. The van der Waals surface area contributed by atoms with E-state index < -0.39 is 11.9 Å². The molecule has 2 heterocycles. The lowest BCUT2D eigenvalue weighted by molar-refractivity contribution is -0.345. The molecule has 4 rings (SSSR count). The van der Waals surface area contributed by atoms with E-state index in [0.29, 0.717) is 6.61 Å². The number of rotatable bonds is 7. The first-order valence-corrected chi connectivity index (χ1v) is 11.9. The van der Waals surface area contributed by atoms with E-state index in [1.54, 1.807) is 11.3 Å². The van der Waals surface area contributed by atoms with Crippen LogP contribution in [0.4, 0.5) is 5.13 Å². The summed E-state index contributed by atoms with van der Waals surface area (Å²) in [5.74, 6) is -4.37. The molecule has 2 aromatic carbocycles. The van der Waals surface area contributed by atoms with Crippen LogP contribution < -0.4 is 15.1 Å². The van der Waals surface area contributed by atoms with Gasteiger partial charge in [-0.3, -0.25) is 4.90 Å². The number of piperazine rings is 1. The minimum Gasteiger partial charge on any atom is -0.543 e. The molecule has 0 bridgehead atoms. The summed E-state index contributed by atoms with van der Waals surface area (Å²) in [4.78, 5) is 27.1. The minimum absolute atomic E-state index is 0.0740. The average molecular weight is 502 g/mol. The molecule has 34 heavy (non-hydrogen) atoms. The predicted molar refractivity (Wildman–Crippen MR) is 126 cm³/mol. The van der Waals surface area contributed by atoms with E-state index >= 15 is 0 Å². The lowest BCUT2D eigenvalue weighted by Crippen LogP contribution is -2.47. The zero-order valence-corrected chi connectivity index (χ0v) is 19.9. The molecule has 0 saturated carbocycles. The number of anilines is 1. The van der Waals surface area contributed by atoms with Gasteiger partial charge in [0.05, 0.1) is 18.5 Å². The number of halogens is 1. The highest BCUT2D eigenvalue weighted by Crippen LogP contribution is 2.27. The van der Waals surface area contributed by atoms with Crippen molar-refractivity contribution in [1.29, 1.82) is 0 Å². The van der Waals surface area contributed by atoms with Crippen molar-refractivity contribution in [2.24, 2.45) is 0 Å². The maximum absolute atomic E-state index is 8.93. The Morgan fingerprint density at radius 1 is 0.971 bits per heavy atom. The Morgan fingerprint density at radius 2 is 1.59 bits per heavy atom. The molecule has 0 spiro atoms. The van der Waals surface area contributed by atoms with Gasteiger partial charge in [-0.1, -0.05) is 54.1 Å². The number of benzene rings is 2. The molecular formula is C24H24ClN3O5S-2. The van der Waals surface area contributed by atoms with Gasteiger partial charge >= 0.3 is 0 Å². The first-order valence-electron chi connectivity index (χ1n) is 10.6. The van der Waals surface area contributed by atoms with Crippen LogP contribution in [0.2, 0.25) is 5.02 Å². The number of aliphatic carboxylic acids is 2. The molecule has 10 heteroatoms. The molecule has 1 saturated heterocycles. The first-order chi connectivity index (χ1) is 16.4. The Morgan fingerprint density at radius 3 is 2.15 bits per heavy atom. The Balaban J connectivity index is 0.000000481. The summed E-state index contributed by atoms with van der Waals surface area (Å²) in [6.45, 7) is 5.75. The highest BCUT2D eigenvalue weighted by molar-refractivity contribution is 7.13. The van der Waals surface area contributed by atoms with Gasteiger partial charge in [0.15, 0.2) is 5.13 Å². The van der Waals surface area contributed by atoms with Gasteiger partial charge in [0.2, 0.25) is 0 Å². The van der Waals surface area contributed by atoms with Gasteiger partial charge in [0, 0.05) is 49.3 Å². The summed E-state index contributed by atoms with van der Waals surface area (Å²) in [5, 5.41) is 21.8. The van der Waals surface area contributed by atoms with Crippen molar-refractivity contribution in [3.05, 3.63) is 82.3 Å². The fourth-order valence-electron chi connectivity index (χ4n) is 3.48.